The summed E-state index contributed by atoms with van der Waals surface area (Å²) in [6, 6.07) is 0. The first-order chi connectivity index (χ1) is 17.7. The van der Waals surface area contributed by atoms with Crippen molar-refractivity contribution in [3.63, 3.8) is 0 Å². The van der Waals surface area contributed by atoms with Gasteiger partial charge in [0, 0.05) is 6.42 Å². The van der Waals surface area contributed by atoms with Gasteiger partial charge >= 0.3 is 39.2 Å². The largest absolute Gasteiger partial charge is 0.456 e. The van der Waals surface area contributed by atoms with Crippen LogP contribution < -0.4 is 0 Å². The molecule has 1 N–H and O–H groups in total. The average Bonchev–Trinajstić information content (AvgIpc) is 3.19. The van der Waals surface area contributed by atoms with Crippen LogP contribution in [0.25, 0.3) is 0 Å². The maximum atomic E-state index is 13.5. The maximum absolute atomic E-state index is 13.5. The molecule has 3 unspecified atom stereocenters. The molecule has 5 fully saturated rings. The van der Waals surface area contributed by atoms with Crippen molar-refractivity contribution in [2.45, 2.75) is 101 Å². The molecular formula is C24H32F2O11S. The lowest BCUT2D eigenvalue weighted by Gasteiger charge is -2.60. The third-order valence-electron chi connectivity index (χ3n) is 8.51. The standard InChI is InChI=1S/C24H32F2O11S/c1-3-23(15-7-13-6-14(9-15)10-16(23)8-13)37-22(30)18-11-17(21(29)36-18)35-20(28)5-4-19(27)34-12(2)24(25,26)38(31,32)33/h12-18H,3-11H2,1-2H3,(H,31,32,33). The van der Waals surface area contributed by atoms with Crippen molar-refractivity contribution in [3.05, 3.63) is 0 Å². The predicted molar refractivity (Wildman–Crippen MR) is 122 cm³/mol. The van der Waals surface area contributed by atoms with E-state index in [1.807, 2.05) is 6.92 Å². The fourth-order valence-electron chi connectivity index (χ4n) is 6.80. The normalized spacial score (nSPS) is 34.9. The summed E-state index contributed by atoms with van der Waals surface area (Å²) in [6.07, 6.45) is -0.871. The number of alkyl halides is 2. The average molecular weight is 567 g/mol. The van der Waals surface area contributed by atoms with E-state index in [2.05, 4.69) is 4.74 Å². The molecule has 4 saturated carbocycles. The van der Waals surface area contributed by atoms with Gasteiger partial charge in [-0.3, -0.25) is 14.1 Å². The van der Waals surface area contributed by atoms with Gasteiger partial charge in [0.05, 0.1) is 12.8 Å². The molecule has 214 valence electrons. The lowest BCUT2D eigenvalue weighted by atomic mass is 9.49. The van der Waals surface area contributed by atoms with E-state index in [-0.39, 0.29) is 18.3 Å². The second kappa shape index (κ2) is 10.3. The van der Waals surface area contributed by atoms with Crippen molar-refractivity contribution in [1.82, 2.24) is 0 Å². The SMILES string of the molecule is CCC1(OC(=O)C2CC(OC(=O)CCC(=O)OC(C)C(F)(F)S(=O)(=O)O)C(=O)O2)C2CC3CC(C2)CC1C3. The van der Waals surface area contributed by atoms with Gasteiger partial charge in [-0.25, -0.2) is 9.59 Å². The van der Waals surface area contributed by atoms with Crippen LogP contribution in [0.15, 0.2) is 0 Å². The molecule has 0 aromatic rings. The summed E-state index contributed by atoms with van der Waals surface area (Å²) in [5, 5.41) is -4.74. The van der Waals surface area contributed by atoms with Gasteiger partial charge in [-0.2, -0.15) is 17.2 Å². The summed E-state index contributed by atoms with van der Waals surface area (Å²) < 4.78 is 77.4. The number of hydrogen-bond acceptors (Lipinski definition) is 10. The Labute approximate surface area is 218 Å². The van der Waals surface area contributed by atoms with Gasteiger partial charge in [0.2, 0.25) is 12.2 Å². The number of carbonyl (C=O) groups excluding carboxylic acids is 4. The Kier molecular flexibility index (Phi) is 7.78. The molecule has 0 spiro atoms. The Morgan fingerprint density at radius 3 is 2.13 bits per heavy atom. The maximum Gasteiger partial charge on any atom is 0.405 e. The van der Waals surface area contributed by atoms with E-state index in [1.54, 1.807) is 0 Å². The quantitative estimate of drug-likeness (QED) is 0.235. The number of rotatable bonds is 10. The second-order valence-corrected chi connectivity index (χ2v) is 12.3. The van der Waals surface area contributed by atoms with Gasteiger partial charge < -0.3 is 18.9 Å². The smallest absolute Gasteiger partial charge is 0.405 e. The fraction of sp³-hybridized carbons (Fsp3) is 0.833. The molecule has 5 rings (SSSR count). The van der Waals surface area contributed by atoms with Gasteiger partial charge in [-0.1, -0.05) is 6.92 Å². The number of carbonyl (C=O) groups is 4. The summed E-state index contributed by atoms with van der Waals surface area (Å²) >= 11 is 0. The van der Waals surface area contributed by atoms with E-state index in [0.717, 1.165) is 25.7 Å². The highest BCUT2D eigenvalue weighted by Crippen LogP contribution is 2.60. The molecule has 1 aliphatic heterocycles. The molecule has 0 amide bonds. The number of halogens is 2. The Balaban J connectivity index is 1.26. The van der Waals surface area contributed by atoms with E-state index in [4.69, 9.17) is 18.8 Å². The second-order valence-electron chi connectivity index (χ2n) is 10.8. The molecule has 0 radical (unpaired) electrons. The predicted octanol–water partition coefficient (Wildman–Crippen LogP) is 2.55. The first kappa shape index (κ1) is 28.7. The van der Waals surface area contributed by atoms with Crippen LogP contribution in [-0.4, -0.2) is 66.0 Å². The van der Waals surface area contributed by atoms with E-state index in [1.165, 1.54) is 6.42 Å². The van der Waals surface area contributed by atoms with Crippen LogP contribution in [0.3, 0.4) is 0 Å². The van der Waals surface area contributed by atoms with Crippen LogP contribution in [0.1, 0.15) is 71.6 Å². The Bertz CT molecular complexity index is 1060. The van der Waals surface area contributed by atoms with Crippen LogP contribution in [0, 0.1) is 23.7 Å². The molecule has 0 aromatic heterocycles. The third kappa shape index (κ3) is 5.38. The van der Waals surface area contributed by atoms with Crippen molar-refractivity contribution in [2.24, 2.45) is 23.7 Å². The first-order valence-electron chi connectivity index (χ1n) is 12.8. The number of cyclic esters (lactones) is 1. The molecule has 38 heavy (non-hydrogen) atoms. The zero-order chi connectivity index (χ0) is 28.0. The summed E-state index contributed by atoms with van der Waals surface area (Å²) in [6.45, 7) is 2.56. The number of ether oxygens (including phenoxy) is 4. The van der Waals surface area contributed by atoms with Crippen LogP contribution in [0.2, 0.25) is 0 Å². The van der Waals surface area contributed by atoms with Crippen molar-refractivity contribution in [3.8, 4) is 0 Å². The highest BCUT2D eigenvalue weighted by Gasteiger charge is 2.59. The highest BCUT2D eigenvalue weighted by molar-refractivity contribution is 7.86. The molecule has 5 aliphatic rings. The fourth-order valence-corrected chi connectivity index (χ4v) is 7.27. The Morgan fingerprint density at radius 2 is 1.61 bits per heavy atom. The molecule has 1 saturated heterocycles. The highest BCUT2D eigenvalue weighted by atomic mass is 32.2. The lowest BCUT2D eigenvalue weighted by molar-refractivity contribution is -0.217. The van der Waals surface area contributed by atoms with Crippen LogP contribution in [-0.2, 0) is 48.2 Å². The Hall–Kier alpha value is -2.35. The molecular weight excluding hydrogens is 534 g/mol. The summed E-state index contributed by atoms with van der Waals surface area (Å²) in [5.41, 5.74) is -0.588. The van der Waals surface area contributed by atoms with Crippen LogP contribution in [0.5, 0.6) is 0 Å². The van der Waals surface area contributed by atoms with Gasteiger partial charge in [-0.15, -0.1) is 0 Å². The van der Waals surface area contributed by atoms with Gasteiger partial charge in [0.1, 0.15) is 5.60 Å². The molecule has 14 heteroatoms. The van der Waals surface area contributed by atoms with Crippen molar-refractivity contribution >= 4 is 34.0 Å². The molecule has 1 heterocycles. The van der Waals surface area contributed by atoms with Gasteiger partial charge in [-0.05, 0) is 69.1 Å². The molecule has 0 aromatic carbocycles. The van der Waals surface area contributed by atoms with Crippen molar-refractivity contribution < 1.29 is 59.9 Å². The topological polar surface area (TPSA) is 160 Å². The Morgan fingerprint density at radius 1 is 1.05 bits per heavy atom. The minimum absolute atomic E-state index is 0.258. The van der Waals surface area contributed by atoms with Crippen LogP contribution >= 0.6 is 0 Å². The minimum Gasteiger partial charge on any atom is -0.456 e. The molecule has 3 atom stereocenters. The lowest BCUT2D eigenvalue weighted by Crippen LogP contribution is -2.60. The first-order valence-corrected chi connectivity index (χ1v) is 14.3. The van der Waals surface area contributed by atoms with E-state index in [0.29, 0.717) is 25.2 Å². The zero-order valence-electron chi connectivity index (χ0n) is 21.1. The van der Waals surface area contributed by atoms with Gasteiger partial charge in [0.15, 0.2) is 6.10 Å². The third-order valence-corrected chi connectivity index (χ3v) is 9.53. The minimum atomic E-state index is -5.82. The zero-order valence-corrected chi connectivity index (χ0v) is 21.9. The van der Waals surface area contributed by atoms with E-state index in [9.17, 15) is 36.4 Å². The summed E-state index contributed by atoms with van der Waals surface area (Å²) in [4.78, 5) is 49.1. The van der Waals surface area contributed by atoms with Crippen LogP contribution in [0.4, 0.5) is 8.78 Å². The van der Waals surface area contributed by atoms with E-state index < -0.39 is 76.0 Å². The summed E-state index contributed by atoms with van der Waals surface area (Å²) in [7, 11) is -5.82. The number of esters is 4. The van der Waals surface area contributed by atoms with Gasteiger partial charge in [0.25, 0.3) is 0 Å². The monoisotopic (exact) mass is 566 g/mol. The molecule has 4 bridgehead atoms. The van der Waals surface area contributed by atoms with Crippen molar-refractivity contribution in [2.75, 3.05) is 0 Å². The van der Waals surface area contributed by atoms with Crippen molar-refractivity contribution in [1.29, 1.82) is 0 Å². The van der Waals surface area contributed by atoms with E-state index >= 15 is 0 Å². The summed E-state index contributed by atoms with van der Waals surface area (Å²) in [5.74, 6) is -2.14. The number of hydrogen-bond donors (Lipinski definition) is 1. The molecule has 4 aliphatic carbocycles. The molecule has 11 nitrogen and oxygen atoms in total.